The van der Waals surface area contributed by atoms with E-state index in [9.17, 15) is 0 Å². The molecule has 14 heavy (non-hydrogen) atoms. The van der Waals surface area contributed by atoms with Crippen molar-refractivity contribution in [1.82, 2.24) is 9.78 Å². The summed E-state index contributed by atoms with van der Waals surface area (Å²) in [4.78, 5) is 0. The molecule has 0 aliphatic rings. The molecule has 4 heteroatoms. The molecule has 3 nitrogen and oxygen atoms in total. The van der Waals surface area contributed by atoms with E-state index in [0.29, 0.717) is 0 Å². The van der Waals surface area contributed by atoms with Crippen LogP contribution in [-0.2, 0) is 6.54 Å². The molecule has 0 aromatic carbocycles. The average molecular weight is 213 g/mol. The fourth-order valence-corrected chi connectivity index (χ4v) is 2.10. The number of nitrogens with two attached hydrogens (primary N) is 1. The third kappa shape index (κ3) is 3.35. The first-order valence-electron chi connectivity index (χ1n) is 5.13. The highest BCUT2D eigenvalue weighted by Crippen LogP contribution is 2.15. The largest absolute Gasteiger partial charge is 0.323 e. The molecule has 0 saturated heterocycles. The SMILES string of the molecule is CCCSCC(N)c1cnn(CC)c1. The van der Waals surface area contributed by atoms with Crippen LogP contribution in [0.4, 0.5) is 0 Å². The first-order chi connectivity index (χ1) is 6.77. The predicted molar refractivity (Wildman–Crippen MR) is 62.4 cm³/mol. The van der Waals surface area contributed by atoms with Crippen LogP contribution < -0.4 is 5.73 Å². The van der Waals surface area contributed by atoms with E-state index in [1.807, 2.05) is 28.8 Å². The zero-order valence-electron chi connectivity index (χ0n) is 8.94. The van der Waals surface area contributed by atoms with E-state index >= 15 is 0 Å². The van der Waals surface area contributed by atoms with Crippen LogP contribution in [0.5, 0.6) is 0 Å². The minimum Gasteiger partial charge on any atom is -0.323 e. The van der Waals surface area contributed by atoms with Crippen molar-refractivity contribution in [2.75, 3.05) is 11.5 Å². The summed E-state index contributed by atoms with van der Waals surface area (Å²) in [5.41, 5.74) is 7.18. The highest BCUT2D eigenvalue weighted by molar-refractivity contribution is 7.99. The smallest absolute Gasteiger partial charge is 0.0537 e. The molecule has 0 fully saturated rings. The van der Waals surface area contributed by atoms with Crippen molar-refractivity contribution in [3.8, 4) is 0 Å². The van der Waals surface area contributed by atoms with Crippen LogP contribution in [0, 0.1) is 0 Å². The molecular weight excluding hydrogens is 194 g/mol. The van der Waals surface area contributed by atoms with E-state index in [4.69, 9.17) is 5.73 Å². The Hall–Kier alpha value is -0.480. The van der Waals surface area contributed by atoms with Crippen molar-refractivity contribution >= 4 is 11.8 Å². The number of nitrogens with zero attached hydrogens (tertiary/aromatic N) is 2. The van der Waals surface area contributed by atoms with Gasteiger partial charge in [-0.3, -0.25) is 4.68 Å². The van der Waals surface area contributed by atoms with E-state index < -0.39 is 0 Å². The summed E-state index contributed by atoms with van der Waals surface area (Å²) in [6.45, 7) is 5.18. The van der Waals surface area contributed by atoms with Crippen LogP contribution in [0.15, 0.2) is 12.4 Å². The predicted octanol–water partition coefficient (Wildman–Crippen LogP) is 2.05. The van der Waals surface area contributed by atoms with Gasteiger partial charge in [-0.05, 0) is 19.1 Å². The summed E-state index contributed by atoms with van der Waals surface area (Å²) in [6.07, 6.45) is 5.13. The zero-order valence-corrected chi connectivity index (χ0v) is 9.76. The fraction of sp³-hybridized carbons (Fsp3) is 0.700. The molecule has 1 rings (SSSR count). The Morgan fingerprint density at radius 1 is 1.57 bits per heavy atom. The fourth-order valence-electron chi connectivity index (χ4n) is 1.19. The lowest BCUT2D eigenvalue weighted by Crippen LogP contribution is -2.12. The molecule has 1 aromatic rings. The minimum atomic E-state index is 0.131. The molecule has 0 aliphatic heterocycles. The normalized spacial score (nSPS) is 13.1. The second-order valence-corrected chi connectivity index (χ2v) is 4.46. The summed E-state index contributed by atoms with van der Waals surface area (Å²) in [7, 11) is 0. The lowest BCUT2D eigenvalue weighted by Gasteiger charge is -2.07. The molecule has 1 atom stereocenters. The summed E-state index contributed by atoms with van der Waals surface area (Å²) in [5, 5.41) is 4.21. The van der Waals surface area contributed by atoms with Crippen LogP contribution in [0.3, 0.4) is 0 Å². The molecule has 0 spiro atoms. The van der Waals surface area contributed by atoms with Crippen LogP contribution >= 0.6 is 11.8 Å². The van der Waals surface area contributed by atoms with Gasteiger partial charge < -0.3 is 5.73 Å². The second kappa shape index (κ2) is 6.09. The van der Waals surface area contributed by atoms with Crippen molar-refractivity contribution in [2.24, 2.45) is 5.73 Å². The number of rotatable bonds is 6. The van der Waals surface area contributed by atoms with E-state index in [1.165, 1.54) is 12.2 Å². The zero-order chi connectivity index (χ0) is 10.4. The summed E-state index contributed by atoms with van der Waals surface area (Å²) < 4.78 is 1.92. The van der Waals surface area contributed by atoms with Crippen LogP contribution in [0.25, 0.3) is 0 Å². The van der Waals surface area contributed by atoms with Gasteiger partial charge in [-0.15, -0.1) is 0 Å². The van der Waals surface area contributed by atoms with Crippen molar-refractivity contribution in [3.63, 3.8) is 0 Å². The maximum Gasteiger partial charge on any atom is 0.0537 e. The first-order valence-corrected chi connectivity index (χ1v) is 6.29. The molecule has 0 amide bonds. The summed E-state index contributed by atoms with van der Waals surface area (Å²) in [5.74, 6) is 2.18. The van der Waals surface area contributed by atoms with Gasteiger partial charge >= 0.3 is 0 Å². The molecule has 0 bridgehead atoms. The second-order valence-electron chi connectivity index (χ2n) is 3.31. The maximum absolute atomic E-state index is 6.03. The third-order valence-corrected chi connectivity index (χ3v) is 3.34. The molecule has 2 N–H and O–H groups in total. The minimum absolute atomic E-state index is 0.131. The summed E-state index contributed by atoms with van der Waals surface area (Å²) in [6, 6.07) is 0.131. The highest BCUT2D eigenvalue weighted by atomic mass is 32.2. The molecule has 1 aromatic heterocycles. The van der Waals surface area contributed by atoms with Gasteiger partial charge in [0.15, 0.2) is 0 Å². The van der Waals surface area contributed by atoms with Crippen LogP contribution in [0.1, 0.15) is 31.9 Å². The van der Waals surface area contributed by atoms with E-state index in [0.717, 1.165) is 17.9 Å². The Bertz CT molecular complexity index is 260. The van der Waals surface area contributed by atoms with Gasteiger partial charge in [0.2, 0.25) is 0 Å². The standard InChI is InChI=1S/C10H19N3S/c1-3-5-14-8-10(11)9-6-12-13(4-2)7-9/h6-7,10H,3-5,8,11H2,1-2H3. The Balaban J connectivity index is 2.39. The lowest BCUT2D eigenvalue weighted by molar-refractivity contribution is 0.658. The first kappa shape index (κ1) is 11.6. The Morgan fingerprint density at radius 2 is 2.36 bits per heavy atom. The molecular formula is C10H19N3S. The number of hydrogen-bond donors (Lipinski definition) is 1. The van der Waals surface area contributed by atoms with Crippen LogP contribution in [0.2, 0.25) is 0 Å². The van der Waals surface area contributed by atoms with Crippen molar-refractivity contribution < 1.29 is 0 Å². The van der Waals surface area contributed by atoms with Crippen molar-refractivity contribution in [3.05, 3.63) is 18.0 Å². The maximum atomic E-state index is 6.03. The van der Waals surface area contributed by atoms with Gasteiger partial charge in [0.05, 0.1) is 6.20 Å². The topological polar surface area (TPSA) is 43.8 Å². The Kier molecular flexibility index (Phi) is 5.04. The van der Waals surface area contributed by atoms with Gasteiger partial charge in [-0.2, -0.15) is 16.9 Å². The van der Waals surface area contributed by atoms with Crippen molar-refractivity contribution in [2.45, 2.75) is 32.9 Å². The Labute approximate surface area is 90.1 Å². The van der Waals surface area contributed by atoms with E-state index in [2.05, 4.69) is 18.9 Å². The van der Waals surface area contributed by atoms with Gasteiger partial charge in [0.25, 0.3) is 0 Å². The number of aromatic nitrogens is 2. The third-order valence-electron chi connectivity index (χ3n) is 2.05. The Morgan fingerprint density at radius 3 is 2.93 bits per heavy atom. The molecule has 80 valence electrons. The number of thioether (sulfide) groups is 1. The highest BCUT2D eigenvalue weighted by Gasteiger charge is 2.07. The van der Waals surface area contributed by atoms with Gasteiger partial charge in [0, 0.05) is 30.1 Å². The number of aryl methyl sites for hydroxylation is 1. The average Bonchev–Trinajstić information content (AvgIpc) is 2.66. The molecule has 1 unspecified atom stereocenters. The molecule has 1 heterocycles. The van der Waals surface area contributed by atoms with Gasteiger partial charge in [-0.1, -0.05) is 6.92 Å². The van der Waals surface area contributed by atoms with Gasteiger partial charge in [-0.25, -0.2) is 0 Å². The summed E-state index contributed by atoms with van der Waals surface area (Å²) >= 11 is 1.91. The quantitative estimate of drug-likeness (QED) is 0.735. The monoisotopic (exact) mass is 213 g/mol. The lowest BCUT2D eigenvalue weighted by atomic mass is 10.2. The molecule has 0 saturated carbocycles. The number of hydrogen-bond acceptors (Lipinski definition) is 3. The van der Waals surface area contributed by atoms with E-state index in [-0.39, 0.29) is 6.04 Å². The molecule has 0 radical (unpaired) electrons. The molecule has 0 aliphatic carbocycles. The van der Waals surface area contributed by atoms with Gasteiger partial charge in [0.1, 0.15) is 0 Å². The van der Waals surface area contributed by atoms with Crippen LogP contribution in [-0.4, -0.2) is 21.3 Å². The van der Waals surface area contributed by atoms with E-state index in [1.54, 1.807) is 0 Å². The van der Waals surface area contributed by atoms with Crippen molar-refractivity contribution in [1.29, 1.82) is 0 Å².